The van der Waals surface area contributed by atoms with Crippen molar-refractivity contribution in [3.63, 3.8) is 0 Å². The van der Waals surface area contributed by atoms with E-state index < -0.39 is 0 Å². The zero-order valence-corrected chi connectivity index (χ0v) is 11.2. The van der Waals surface area contributed by atoms with E-state index in [1.807, 2.05) is 12.1 Å². The van der Waals surface area contributed by atoms with Gasteiger partial charge in [0.05, 0.1) is 6.42 Å². The maximum absolute atomic E-state index is 11.5. The van der Waals surface area contributed by atoms with Crippen molar-refractivity contribution >= 4 is 29.9 Å². The van der Waals surface area contributed by atoms with E-state index in [0.717, 1.165) is 18.4 Å². The second-order valence-corrected chi connectivity index (χ2v) is 4.09. The molecule has 0 bridgehead atoms. The van der Waals surface area contributed by atoms with Crippen molar-refractivity contribution in [2.45, 2.75) is 19.3 Å². The van der Waals surface area contributed by atoms with Gasteiger partial charge in [0.1, 0.15) is 0 Å². The Kier molecular flexibility index (Phi) is 8.86. The Bertz CT molecular complexity index is 345. The fourth-order valence-corrected chi connectivity index (χ4v) is 1.60. The van der Waals surface area contributed by atoms with E-state index >= 15 is 0 Å². The Balaban J connectivity index is 0.00000256. The lowest BCUT2D eigenvalue weighted by Crippen LogP contribution is -2.26. The zero-order chi connectivity index (χ0) is 11.8. The van der Waals surface area contributed by atoms with Crippen molar-refractivity contribution in [3.8, 4) is 0 Å². The van der Waals surface area contributed by atoms with E-state index in [1.165, 1.54) is 0 Å². The summed E-state index contributed by atoms with van der Waals surface area (Å²) in [6, 6.07) is 7.34. The van der Waals surface area contributed by atoms with Crippen LogP contribution in [0.2, 0.25) is 5.02 Å². The summed E-state index contributed by atoms with van der Waals surface area (Å²) in [5.74, 6) is 0.0271. The highest BCUT2D eigenvalue weighted by atomic mass is 35.5. The lowest BCUT2D eigenvalue weighted by molar-refractivity contribution is -0.120. The second kappa shape index (κ2) is 9.28. The molecule has 0 aliphatic rings. The molecule has 0 unspecified atom stereocenters. The van der Waals surface area contributed by atoms with Crippen LogP contribution in [-0.4, -0.2) is 19.0 Å². The van der Waals surface area contributed by atoms with Gasteiger partial charge < -0.3 is 11.1 Å². The average molecular weight is 277 g/mol. The summed E-state index contributed by atoms with van der Waals surface area (Å²) < 4.78 is 0. The highest BCUT2D eigenvalue weighted by Crippen LogP contribution is 2.10. The minimum Gasteiger partial charge on any atom is -0.356 e. The summed E-state index contributed by atoms with van der Waals surface area (Å²) in [4.78, 5) is 11.5. The molecule has 3 nitrogen and oxygen atoms in total. The molecule has 0 heterocycles. The monoisotopic (exact) mass is 276 g/mol. The molecule has 1 aromatic rings. The van der Waals surface area contributed by atoms with E-state index in [1.54, 1.807) is 12.1 Å². The molecule has 0 fully saturated rings. The van der Waals surface area contributed by atoms with Gasteiger partial charge in [0.25, 0.3) is 0 Å². The van der Waals surface area contributed by atoms with E-state index in [9.17, 15) is 4.79 Å². The number of carbonyl (C=O) groups excluding carboxylic acids is 1. The van der Waals surface area contributed by atoms with Crippen LogP contribution in [-0.2, 0) is 11.2 Å². The van der Waals surface area contributed by atoms with Gasteiger partial charge in [0, 0.05) is 11.6 Å². The third kappa shape index (κ3) is 7.21. The molecule has 1 amide bonds. The number of unbranched alkanes of at least 4 members (excludes halogenated alkanes) is 1. The number of rotatable bonds is 6. The first kappa shape index (κ1) is 16.2. The lowest BCUT2D eigenvalue weighted by Gasteiger charge is -2.04. The lowest BCUT2D eigenvalue weighted by atomic mass is 10.1. The number of halogens is 2. The van der Waals surface area contributed by atoms with Crippen molar-refractivity contribution in [1.29, 1.82) is 0 Å². The molecule has 0 saturated carbocycles. The topological polar surface area (TPSA) is 55.1 Å². The van der Waals surface area contributed by atoms with Crippen LogP contribution in [0.15, 0.2) is 24.3 Å². The largest absolute Gasteiger partial charge is 0.356 e. The maximum atomic E-state index is 11.5. The third-order valence-electron chi connectivity index (χ3n) is 2.21. The van der Waals surface area contributed by atoms with Crippen LogP contribution in [0, 0.1) is 0 Å². The molecule has 0 atom stereocenters. The summed E-state index contributed by atoms with van der Waals surface area (Å²) in [5, 5.41) is 3.51. The summed E-state index contributed by atoms with van der Waals surface area (Å²) in [6.07, 6.45) is 2.25. The van der Waals surface area contributed by atoms with E-state index in [4.69, 9.17) is 17.3 Å². The fourth-order valence-electron chi connectivity index (χ4n) is 1.39. The Morgan fingerprint density at radius 3 is 2.76 bits per heavy atom. The Morgan fingerprint density at radius 2 is 2.12 bits per heavy atom. The van der Waals surface area contributed by atoms with Crippen molar-refractivity contribution in [2.75, 3.05) is 13.1 Å². The molecular weight excluding hydrogens is 259 g/mol. The van der Waals surface area contributed by atoms with Crippen molar-refractivity contribution in [2.24, 2.45) is 5.73 Å². The normalized spacial score (nSPS) is 9.53. The van der Waals surface area contributed by atoms with E-state index in [-0.39, 0.29) is 18.3 Å². The quantitative estimate of drug-likeness (QED) is 0.783. The predicted octanol–water partition coefficient (Wildman–Crippen LogP) is 2.16. The van der Waals surface area contributed by atoms with Crippen LogP contribution in [0.3, 0.4) is 0 Å². The van der Waals surface area contributed by atoms with Gasteiger partial charge in [-0.3, -0.25) is 4.79 Å². The molecule has 1 aromatic carbocycles. The first-order chi connectivity index (χ1) is 7.72. The van der Waals surface area contributed by atoms with Crippen LogP contribution in [0.25, 0.3) is 0 Å². The molecular formula is C12H18Cl2N2O. The van der Waals surface area contributed by atoms with Gasteiger partial charge in [0.15, 0.2) is 0 Å². The first-order valence-corrected chi connectivity index (χ1v) is 5.81. The van der Waals surface area contributed by atoms with Gasteiger partial charge >= 0.3 is 0 Å². The molecule has 0 radical (unpaired) electrons. The highest BCUT2D eigenvalue weighted by molar-refractivity contribution is 6.30. The van der Waals surface area contributed by atoms with E-state index in [2.05, 4.69) is 5.32 Å². The zero-order valence-electron chi connectivity index (χ0n) is 9.62. The van der Waals surface area contributed by atoms with Crippen LogP contribution in [0.1, 0.15) is 18.4 Å². The number of carbonyl (C=O) groups is 1. The molecule has 3 N–H and O–H groups in total. The van der Waals surface area contributed by atoms with Gasteiger partial charge in [-0.1, -0.05) is 23.7 Å². The van der Waals surface area contributed by atoms with Gasteiger partial charge in [0.2, 0.25) is 5.91 Å². The van der Waals surface area contributed by atoms with E-state index in [0.29, 0.717) is 24.5 Å². The van der Waals surface area contributed by atoms with Crippen molar-refractivity contribution < 1.29 is 4.79 Å². The number of nitrogens with two attached hydrogens (primary N) is 1. The minimum absolute atomic E-state index is 0. The average Bonchev–Trinajstić information content (AvgIpc) is 2.24. The molecule has 0 spiro atoms. The number of nitrogens with one attached hydrogen (secondary N) is 1. The van der Waals surface area contributed by atoms with Gasteiger partial charge in [-0.05, 0) is 37.1 Å². The van der Waals surface area contributed by atoms with Crippen LogP contribution in [0.5, 0.6) is 0 Å². The molecule has 96 valence electrons. The smallest absolute Gasteiger partial charge is 0.224 e. The highest BCUT2D eigenvalue weighted by Gasteiger charge is 2.02. The Labute approximate surface area is 113 Å². The molecule has 0 aliphatic heterocycles. The predicted molar refractivity (Wildman–Crippen MR) is 73.7 cm³/mol. The standard InChI is InChI=1S/C12H17ClN2O.ClH/c13-11-5-3-4-10(8-11)9-12(16)15-7-2-1-6-14;/h3-5,8H,1-2,6-7,9,14H2,(H,15,16);1H. The van der Waals surface area contributed by atoms with Gasteiger partial charge in [-0.25, -0.2) is 0 Å². The maximum Gasteiger partial charge on any atom is 0.224 e. The van der Waals surface area contributed by atoms with Crippen LogP contribution in [0.4, 0.5) is 0 Å². The summed E-state index contributed by atoms with van der Waals surface area (Å²) >= 11 is 5.83. The molecule has 0 aliphatic carbocycles. The number of hydrogen-bond donors (Lipinski definition) is 2. The molecule has 17 heavy (non-hydrogen) atoms. The second-order valence-electron chi connectivity index (χ2n) is 3.65. The van der Waals surface area contributed by atoms with Crippen molar-refractivity contribution in [1.82, 2.24) is 5.32 Å². The molecule has 0 aromatic heterocycles. The SMILES string of the molecule is Cl.NCCCCNC(=O)Cc1cccc(Cl)c1. The Hall–Kier alpha value is -0.770. The Morgan fingerprint density at radius 1 is 1.35 bits per heavy atom. The van der Waals surface area contributed by atoms with Gasteiger partial charge in [-0.15, -0.1) is 12.4 Å². The van der Waals surface area contributed by atoms with Crippen LogP contribution < -0.4 is 11.1 Å². The van der Waals surface area contributed by atoms with Gasteiger partial charge in [-0.2, -0.15) is 0 Å². The van der Waals surface area contributed by atoms with Crippen LogP contribution >= 0.6 is 24.0 Å². The first-order valence-electron chi connectivity index (χ1n) is 5.43. The number of amides is 1. The summed E-state index contributed by atoms with van der Waals surface area (Å²) in [7, 11) is 0. The third-order valence-corrected chi connectivity index (χ3v) is 2.44. The molecule has 1 rings (SSSR count). The summed E-state index contributed by atoms with van der Waals surface area (Å²) in [6.45, 7) is 1.36. The number of hydrogen-bond acceptors (Lipinski definition) is 2. The number of benzene rings is 1. The molecule has 5 heteroatoms. The van der Waals surface area contributed by atoms with Crippen molar-refractivity contribution in [3.05, 3.63) is 34.9 Å². The minimum atomic E-state index is 0. The molecule has 0 saturated heterocycles. The summed E-state index contributed by atoms with van der Waals surface area (Å²) in [5.41, 5.74) is 6.29. The fraction of sp³-hybridized carbons (Fsp3) is 0.417.